The molecule has 1 saturated heterocycles. The second kappa shape index (κ2) is 7.54. The summed E-state index contributed by atoms with van der Waals surface area (Å²) in [7, 11) is -1.89. The average molecular weight is 479 g/mol. The van der Waals surface area contributed by atoms with Gasteiger partial charge in [0.05, 0.1) is 24.4 Å². The summed E-state index contributed by atoms with van der Waals surface area (Å²) >= 11 is 0. The highest BCUT2D eigenvalue weighted by Crippen LogP contribution is 2.69. The van der Waals surface area contributed by atoms with E-state index in [4.69, 9.17) is 13.9 Å². The second-order valence-electron chi connectivity index (χ2n) is 14.9. The van der Waals surface area contributed by atoms with Crippen LogP contribution >= 0.6 is 0 Å². The third-order valence-electron chi connectivity index (χ3n) is 11.5. The molecule has 190 valence electrons. The lowest BCUT2D eigenvalue weighted by molar-refractivity contribution is -0.219. The number of aliphatic hydroxyl groups is 1. The van der Waals surface area contributed by atoms with E-state index in [0.717, 1.165) is 12.8 Å². The van der Waals surface area contributed by atoms with Gasteiger partial charge in [0, 0.05) is 0 Å². The van der Waals surface area contributed by atoms with Crippen LogP contribution in [-0.4, -0.2) is 43.6 Å². The minimum atomic E-state index is -1.89. The highest BCUT2D eigenvalue weighted by molar-refractivity contribution is 6.74. The minimum absolute atomic E-state index is 0.00854. The SMILES string of the molecule is CC1(C)O[C@@H]2C3C([C@@H](O)C[C@@]4(C)C3CC[C@@H]4O[Si](C)(C)C(C)(C)C)[C@@]3(C)CCCCC3[C@H]2O1. The van der Waals surface area contributed by atoms with Crippen LogP contribution in [0.5, 0.6) is 0 Å². The number of fused-ring (bicyclic) bond motifs is 8. The maximum Gasteiger partial charge on any atom is 0.192 e. The molecule has 0 amide bonds. The normalized spacial score (nSPS) is 51.5. The second-order valence-corrected chi connectivity index (χ2v) is 19.6. The van der Waals surface area contributed by atoms with Crippen molar-refractivity contribution in [3.8, 4) is 0 Å². The monoisotopic (exact) mass is 478 g/mol. The molecule has 0 aromatic rings. The minimum Gasteiger partial charge on any atom is -0.413 e. The van der Waals surface area contributed by atoms with Crippen molar-refractivity contribution in [3.63, 3.8) is 0 Å². The number of hydrogen-bond donors (Lipinski definition) is 1. The first-order valence-corrected chi connectivity index (χ1v) is 16.7. The fourth-order valence-electron chi connectivity index (χ4n) is 9.03. The molecular formula is C28H50O4Si. The number of hydrogen-bond acceptors (Lipinski definition) is 4. The van der Waals surface area contributed by atoms with Crippen LogP contribution in [0.25, 0.3) is 0 Å². The van der Waals surface area contributed by atoms with Crippen molar-refractivity contribution in [3.05, 3.63) is 0 Å². The molecular weight excluding hydrogens is 428 g/mol. The van der Waals surface area contributed by atoms with Crippen LogP contribution in [0.15, 0.2) is 0 Å². The van der Waals surface area contributed by atoms with Gasteiger partial charge in [-0.1, -0.05) is 47.5 Å². The molecule has 0 bridgehead atoms. The van der Waals surface area contributed by atoms with E-state index in [9.17, 15) is 5.11 Å². The Balaban J connectivity index is 1.53. The van der Waals surface area contributed by atoms with Crippen molar-refractivity contribution < 1.29 is 19.0 Å². The van der Waals surface area contributed by atoms with E-state index >= 15 is 0 Å². The van der Waals surface area contributed by atoms with Crippen molar-refractivity contribution in [2.75, 3.05) is 0 Å². The van der Waals surface area contributed by atoms with Crippen molar-refractivity contribution in [2.45, 2.75) is 142 Å². The molecule has 5 heteroatoms. The van der Waals surface area contributed by atoms with Crippen LogP contribution < -0.4 is 0 Å². The molecule has 10 atom stereocenters. The molecule has 1 heterocycles. The van der Waals surface area contributed by atoms with Crippen molar-refractivity contribution in [1.82, 2.24) is 0 Å². The first-order chi connectivity index (χ1) is 15.1. The Labute approximate surface area is 203 Å². The van der Waals surface area contributed by atoms with E-state index in [0.29, 0.717) is 23.7 Å². The highest BCUT2D eigenvalue weighted by Gasteiger charge is 2.70. The van der Waals surface area contributed by atoms with Crippen molar-refractivity contribution in [2.24, 2.45) is 34.5 Å². The molecule has 0 radical (unpaired) electrons. The zero-order chi connectivity index (χ0) is 24.2. The van der Waals surface area contributed by atoms with E-state index in [1.54, 1.807) is 0 Å². The van der Waals surface area contributed by atoms with E-state index in [2.05, 4.69) is 61.6 Å². The Kier molecular flexibility index (Phi) is 5.65. The summed E-state index contributed by atoms with van der Waals surface area (Å²) in [5.41, 5.74) is 0.154. The molecule has 4 nitrogen and oxygen atoms in total. The predicted octanol–water partition coefficient (Wildman–Crippen LogP) is 6.52. The molecule has 4 aliphatic carbocycles. The van der Waals surface area contributed by atoms with Gasteiger partial charge in [0.2, 0.25) is 0 Å². The number of ether oxygens (including phenoxy) is 2. The first-order valence-electron chi connectivity index (χ1n) is 13.8. The van der Waals surface area contributed by atoms with E-state index in [1.165, 1.54) is 32.1 Å². The van der Waals surface area contributed by atoms with Crippen LogP contribution in [0.1, 0.15) is 93.4 Å². The summed E-state index contributed by atoms with van der Waals surface area (Å²) in [6, 6.07) is 0. The largest absolute Gasteiger partial charge is 0.413 e. The van der Waals surface area contributed by atoms with E-state index in [1.807, 2.05) is 0 Å². The fraction of sp³-hybridized carbons (Fsp3) is 1.00. The average Bonchev–Trinajstić information content (AvgIpc) is 3.15. The predicted molar refractivity (Wildman–Crippen MR) is 134 cm³/mol. The molecule has 1 N–H and O–H groups in total. The van der Waals surface area contributed by atoms with Crippen LogP contribution in [-0.2, 0) is 13.9 Å². The van der Waals surface area contributed by atoms with E-state index < -0.39 is 14.1 Å². The summed E-state index contributed by atoms with van der Waals surface area (Å²) < 4.78 is 20.5. The number of aliphatic hydroxyl groups excluding tert-OH is 1. The third-order valence-corrected chi connectivity index (χ3v) is 16.0. The smallest absolute Gasteiger partial charge is 0.192 e. The van der Waals surface area contributed by atoms with Gasteiger partial charge in [-0.05, 0) is 98.6 Å². The summed E-state index contributed by atoms with van der Waals surface area (Å²) in [6.07, 6.45) is 8.41. The Morgan fingerprint density at radius 1 is 0.879 bits per heavy atom. The lowest BCUT2D eigenvalue weighted by Crippen LogP contribution is -2.66. The van der Waals surface area contributed by atoms with Crippen molar-refractivity contribution in [1.29, 1.82) is 0 Å². The Hall–Kier alpha value is 0.0569. The quantitative estimate of drug-likeness (QED) is 0.459. The van der Waals surface area contributed by atoms with Gasteiger partial charge in [0.25, 0.3) is 0 Å². The lowest BCUT2D eigenvalue weighted by Gasteiger charge is -2.64. The molecule has 33 heavy (non-hydrogen) atoms. The summed E-state index contributed by atoms with van der Waals surface area (Å²) in [5, 5.41) is 12.1. The number of rotatable bonds is 2. The summed E-state index contributed by atoms with van der Waals surface area (Å²) in [4.78, 5) is 0. The Bertz CT molecular complexity index is 774. The summed E-state index contributed by atoms with van der Waals surface area (Å²) in [6.45, 7) is 20.9. The zero-order valence-corrected chi connectivity index (χ0v) is 23.7. The molecule has 4 unspecified atom stereocenters. The molecule has 5 aliphatic rings. The molecule has 0 spiro atoms. The van der Waals surface area contributed by atoms with E-state index in [-0.39, 0.29) is 40.3 Å². The molecule has 0 aromatic carbocycles. The maximum atomic E-state index is 11.9. The standard InChI is InChI=1S/C28H50O4Si/c1-25(2,3)33(8,9)32-20-14-13-17-21-22(19(29)16-28(17,20)7)27(6)15-11-10-12-18(27)23-24(21)31-26(4,5)30-23/h17-24,29H,10-16H2,1-9H3/t17?,18?,19-,20-,21?,22?,23+,24+,27-,28-/m0/s1. The van der Waals surface area contributed by atoms with Crippen LogP contribution in [0, 0.1) is 34.5 Å². The summed E-state index contributed by atoms with van der Waals surface area (Å²) in [5.74, 6) is 1.17. The van der Waals surface area contributed by atoms with Crippen molar-refractivity contribution >= 4 is 8.32 Å². The zero-order valence-electron chi connectivity index (χ0n) is 22.7. The molecule has 0 aromatic heterocycles. The van der Waals surface area contributed by atoms with Gasteiger partial charge in [-0.15, -0.1) is 0 Å². The van der Waals surface area contributed by atoms with Gasteiger partial charge in [0.1, 0.15) is 0 Å². The van der Waals surface area contributed by atoms with Crippen LogP contribution in [0.3, 0.4) is 0 Å². The fourth-order valence-corrected chi connectivity index (χ4v) is 10.5. The van der Waals surface area contributed by atoms with Crippen LogP contribution in [0.2, 0.25) is 18.1 Å². The van der Waals surface area contributed by atoms with Gasteiger partial charge < -0.3 is 19.0 Å². The molecule has 5 rings (SSSR count). The van der Waals surface area contributed by atoms with Gasteiger partial charge in [0.15, 0.2) is 14.1 Å². The molecule has 5 fully saturated rings. The Morgan fingerprint density at radius 2 is 1.55 bits per heavy atom. The molecule has 4 saturated carbocycles. The third kappa shape index (κ3) is 3.57. The maximum absolute atomic E-state index is 11.9. The molecule has 1 aliphatic heterocycles. The first kappa shape index (κ1) is 24.7. The van der Waals surface area contributed by atoms with Gasteiger partial charge >= 0.3 is 0 Å². The van der Waals surface area contributed by atoms with Gasteiger partial charge in [-0.3, -0.25) is 0 Å². The Morgan fingerprint density at radius 3 is 2.21 bits per heavy atom. The van der Waals surface area contributed by atoms with Gasteiger partial charge in [-0.2, -0.15) is 0 Å². The van der Waals surface area contributed by atoms with Crippen LogP contribution in [0.4, 0.5) is 0 Å². The highest BCUT2D eigenvalue weighted by atomic mass is 28.4. The topological polar surface area (TPSA) is 47.9 Å². The van der Waals surface area contributed by atoms with Gasteiger partial charge in [-0.25, -0.2) is 0 Å². The lowest BCUT2D eigenvalue weighted by atomic mass is 9.43.